The van der Waals surface area contributed by atoms with E-state index >= 15 is 0 Å². The molecule has 0 aliphatic rings. The fraction of sp³-hybridized carbons (Fsp3) is 0.294. The zero-order valence-electron chi connectivity index (χ0n) is 13.3. The summed E-state index contributed by atoms with van der Waals surface area (Å²) in [7, 11) is 4.51. The van der Waals surface area contributed by atoms with Gasteiger partial charge >= 0.3 is 0 Å². The molecule has 0 aromatic heterocycles. The van der Waals surface area contributed by atoms with E-state index in [4.69, 9.17) is 18.9 Å². The van der Waals surface area contributed by atoms with Gasteiger partial charge in [-0.15, -0.1) is 0 Å². The maximum atomic E-state index is 10.3. The predicted molar refractivity (Wildman–Crippen MR) is 84.7 cm³/mol. The molecule has 1 unspecified atom stereocenters. The first-order chi connectivity index (χ1) is 11.1. The quantitative estimate of drug-likeness (QED) is 0.816. The third-order valence-electron chi connectivity index (χ3n) is 3.36. The molecule has 0 radical (unpaired) electrons. The molecule has 0 aliphatic heterocycles. The molecule has 23 heavy (non-hydrogen) atoms. The highest BCUT2D eigenvalue weighted by atomic mass is 16.5. The third kappa shape index (κ3) is 3.78. The second kappa shape index (κ2) is 7.60. The van der Waals surface area contributed by atoms with Crippen molar-refractivity contribution >= 4 is 0 Å². The summed E-state index contributed by atoms with van der Waals surface area (Å²) in [4.78, 5) is 0. The van der Waals surface area contributed by atoms with Crippen LogP contribution in [-0.4, -0.2) is 38.1 Å². The summed E-state index contributed by atoms with van der Waals surface area (Å²) < 4.78 is 21.2. The van der Waals surface area contributed by atoms with Gasteiger partial charge in [0.25, 0.3) is 0 Å². The number of aliphatic hydroxyl groups excluding tert-OH is 1. The van der Waals surface area contributed by atoms with Gasteiger partial charge in [-0.25, -0.2) is 0 Å². The summed E-state index contributed by atoms with van der Waals surface area (Å²) in [5.41, 5.74) is 0.563. The lowest BCUT2D eigenvalue weighted by Crippen LogP contribution is -2.11. The molecular formula is C17H20O6. The Balaban J connectivity index is 2.15. The van der Waals surface area contributed by atoms with Gasteiger partial charge in [0, 0.05) is 0 Å². The Hall–Kier alpha value is -2.60. The Bertz CT molecular complexity index is 633. The average Bonchev–Trinajstić information content (AvgIpc) is 2.59. The normalized spacial score (nSPS) is 11.7. The molecule has 2 aromatic rings. The van der Waals surface area contributed by atoms with Crippen molar-refractivity contribution in [1.29, 1.82) is 0 Å². The number of para-hydroxylation sites is 1. The number of hydrogen-bond donors (Lipinski definition) is 2. The summed E-state index contributed by atoms with van der Waals surface area (Å²) in [6.45, 7) is -0.00926. The van der Waals surface area contributed by atoms with E-state index < -0.39 is 6.10 Å². The molecule has 0 spiro atoms. The first kappa shape index (κ1) is 16.8. The van der Waals surface area contributed by atoms with Crippen LogP contribution in [0.5, 0.6) is 28.7 Å². The van der Waals surface area contributed by atoms with Crippen LogP contribution in [0.4, 0.5) is 0 Å². The van der Waals surface area contributed by atoms with Gasteiger partial charge in [-0.2, -0.15) is 0 Å². The van der Waals surface area contributed by atoms with Crippen LogP contribution in [-0.2, 0) is 0 Å². The van der Waals surface area contributed by atoms with Crippen LogP contribution < -0.4 is 18.9 Å². The van der Waals surface area contributed by atoms with E-state index in [0.29, 0.717) is 22.8 Å². The van der Waals surface area contributed by atoms with E-state index in [9.17, 15) is 10.2 Å². The lowest BCUT2D eigenvalue weighted by atomic mass is 10.1. The molecule has 0 heterocycles. The summed E-state index contributed by atoms with van der Waals surface area (Å²) in [5, 5.41) is 19.9. The summed E-state index contributed by atoms with van der Waals surface area (Å²) >= 11 is 0. The first-order valence-corrected chi connectivity index (χ1v) is 6.99. The number of rotatable bonds is 7. The third-order valence-corrected chi connectivity index (χ3v) is 3.36. The number of aromatic hydroxyl groups is 1. The Morgan fingerprint density at radius 2 is 1.52 bits per heavy atom. The molecule has 0 amide bonds. The SMILES string of the molecule is COc1cc(C(O)COc2c(OC)cccc2OC)ccc1O. The van der Waals surface area contributed by atoms with E-state index in [0.717, 1.165) is 0 Å². The minimum atomic E-state index is -0.904. The minimum Gasteiger partial charge on any atom is -0.504 e. The average molecular weight is 320 g/mol. The van der Waals surface area contributed by atoms with Gasteiger partial charge in [-0.05, 0) is 29.8 Å². The number of benzene rings is 2. The predicted octanol–water partition coefficient (Wildman–Crippen LogP) is 2.53. The standard InChI is InChI=1S/C17H20O6/c1-20-14-5-4-6-15(21-2)17(14)23-10-13(19)11-7-8-12(18)16(9-11)22-3/h4-9,13,18-19H,10H2,1-3H3. The zero-order valence-corrected chi connectivity index (χ0v) is 13.3. The number of aliphatic hydroxyl groups is 1. The van der Waals surface area contributed by atoms with Crippen molar-refractivity contribution in [3.05, 3.63) is 42.0 Å². The molecule has 6 heteroatoms. The Labute approximate surface area is 134 Å². The van der Waals surface area contributed by atoms with Crippen molar-refractivity contribution in [2.24, 2.45) is 0 Å². The van der Waals surface area contributed by atoms with Gasteiger partial charge in [0.2, 0.25) is 5.75 Å². The van der Waals surface area contributed by atoms with Crippen molar-refractivity contribution in [2.45, 2.75) is 6.10 Å². The first-order valence-electron chi connectivity index (χ1n) is 6.99. The van der Waals surface area contributed by atoms with Crippen LogP contribution in [0.3, 0.4) is 0 Å². The summed E-state index contributed by atoms with van der Waals surface area (Å²) in [6, 6.07) is 9.89. The van der Waals surface area contributed by atoms with Gasteiger partial charge in [-0.3, -0.25) is 0 Å². The molecule has 0 fully saturated rings. The molecular weight excluding hydrogens is 300 g/mol. The van der Waals surface area contributed by atoms with Crippen LogP contribution in [0.25, 0.3) is 0 Å². The van der Waals surface area contributed by atoms with Crippen molar-refractivity contribution in [1.82, 2.24) is 0 Å². The Morgan fingerprint density at radius 3 is 2.09 bits per heavy atom. The van der Waals surface area contributed by atoms with E-state index in [1.54, 1.807) is 30.3 Å². The maximum absolute atomic E-state index is 10.3. The minimum absolute atomic E-state index is 0.00926. The Morgan fingerprint density at radius 1 is 0.913 bits per heavy atom. The van der Waals surface area contributed by atoms with E-state index in [2.05, 4.69) is 0 Å². The van der Waals surface area contributed by atoms with Crippen molar-refractivity contribution < 1.29 is 29.2 Å². The van der Waals surface area contributed by atoms with Crippen LogP contribution in [0.15, 0.2) is 36.4 Å². The molecule has 0 saturated heterocycles. The molecule has 6 nitrogen and oxygen atoms in total. The molecule has 1 atom stereocenters. The second-order valence-electron chi connectivity index (χ2n) is 4.75. The molecule has 2 rings (SSSR count). The molecule has 0 bridgehead atoms. The molecule has 0 aliphatic carbocycles. The number of phenolic OH excluding ortho intramolecular Hbond substituents is 1. The van der Waals surface area contributed by atoms with Gasteiger partial charge < -0.3 is 29.2 Å². The highest BCUT2D eigenvalue weighted by Gasteiger charge is 2.16. The number of hydrogen-bond acceptors (Lipinski definition) is 6. The molecule has 2 aromatic carbocycles. The topological polar surface area (TPSA) is 77.4 Å². The van der Waals surface area contributed by atoms with Crippen molar-refractivity contribution in [3.63, 3.8) is 0 Å². The number of phenols is 1. The van der Waals surface area contributed by atoms with Gasteiger partial charge in [0.1, 0.15) is 12.7 Å². The highest BCUT2D eigenvalue weighted by molar-refractivity contribution is 5.51. The largest absolute Gasteiger partial charge is 0.504 e. The molecule has 0 saturated carbocycles. The smallest absolute Gasteiger partial charge is 0.203 e. The van der Waals surface area contributed by atoms with Crippen LogP contribution >= 0.6 is 0 Å². The maximum Gasteiger partial charge on any atom is 0.203 e. The lowest BCUT2D eigenvalue weighted by molar-refractivity contribution is 0.104. The van der Waals surface area contributed by atoms with E-state index in [1.165, 1.54) is 27.4 Å². The van der Waals surface area contributed by atoms with Crippen LogP contribution in [0.1, 0.15) is 11.7 Å². The summed E-state index contributed by atoms with van der Waals surface area (Å²) in [6.07, 6.45) is -0.904. The lowest BCUT2D eigenvalue weighted by Gasteiger charge is -2.17. The van der Waals surface area contributed by atoms with Gasteiger partial charge in [0.15, 0.2) is 23.0 Å². The molecule has 2 N–H and O–H groups in total. The fourth-order valence-electron chi connectivity index (χ4n) is 2.12. The van der Waals surface area contributed by atoms with Crippen molar-refractivity contribution in [3.8, 4) is 28.7 Å². The number of ether oxygens (including phenoxy) is 4. The van der Waals surface area contributed by atoms with Crippen molar-refractivity contribution in [2.75, 3.05) is 27.9 Å². The van der Waals surface area contributed by atoms with E-state index in [-0.39, 0.29) is 18.1 Å². The van der Waals surface area contributed by atoms with E-state index in [1.807, 2.05) is 0 Å². The van der Waals surface area contributed by atoms with Crippen LogP contribution in [0, 0.1) is 0 Å². The van der Waals surface area contributed by atoms with Crippen LogP contribution in [0.2, 0.25) is 0 Å². The second-order valence-corrected chi connectivity index (χ2v) is 4.75. The Kier molecular flexibility index (Phi) is 5.54. The monoisotopic (exact) mass is 320 g/mol. The number of methoxy groups -OCH3 is 3. The fourth-order valence-corrected chi connectivity index (χ4v) is 2.12. The molecule has 124 valence electrons. The summed E-state index contributed by atoms with van der Waals surface area (Å²) in [5.74, 6) is 1.74. The van der Waals surface area contributed by atoms with Gasteiger partial charge in [-0.1, -0.05) is 12.1 Å². The van der Waals surface area contributed by atoms with Gasteiger partial charge in [0.05, 0.1) is 21.3 Å². The zero-order chi connectivity index (χ0) is 16.8. The highest BCUT2D eigenvalue weighted by Crippen LogP contribution is 2.37.